The van der Waals surface area contributed by atoms with Gasteiger partial charge in [0.2, 0.25) is 0 Å². The molecular formula is C18H12N2. The summed E-state index contributed by atoms with van der Waals surface area (Å²) in [5.41, 5.74) is 3.67. The van der Waals surface area contributed by atoms with E-state index in [1.54, 1.807) is 0 Å². The summed E-state index contributed by atoms with van der Waals surface area (Å²) in [7, 11) is 0. The van der Waals surface area contributed by atoms with Gasteiger partial charge in [-0.25, -0.2) is 0 Å². The summed E-state index contributed by atoms with van der Waals surface area (Å²) in [4.78, 5) is 3.58. The summed E-state index contributed by atoms with van der Waals surface area (Å²) in [6.07, 6.45) is 4.34. The first-order valence-electron chi connectivity index (χ1n) is 6.81. The zero-order chi connectivity index (χ0) is 13.1. The molecule has 20 heavy (non-hydrogen) atoms. The van der Waals surface area contributed by atoms with Crippen molar-refractivity contribution in [3.63, 3.8) is 0 Å². The molecule has 1 N–H and O–H groups in total. The van der Waals surface area contributed by atoms with Crippen LogP contribution < -0.4 is 0 Å². The highest BCUT2D eigenvalue weighted by Crippen LogP contribution is 2.32. The molecular weight excluding hydrogens is 244 g/mol. The lowest BCUT2D eigenvalue weighted by atomic mass is 10.1. The lowest BCUT2D eigenvalue weighted by Gasteiger charge is -1.97. The molecule has 0 aliphatic carbocycles. The summed E-state index contributed by atoms with van der Waals surface area (Å²) >= 11 is 0. The van der Waals surface area contributed by atoms with Crippen LogP contribution in [0, 0.1) is 0 Å². The fourth-order valence-electron chi connectivity index (χ4n) is 3.24. The van der Waals surface area contributed by atoms with Gasteiger partial charge in [-0.05, 0) is 12.1 Å². The van der Waals surface area contributed by atoms with Crippen LogP contribution in [0.15, 0.2) is 67.0 Å². The minimum Gasteiger partial charge on any atom is -0.353 e. The third-order valence-electron chi connectivity index (χ3n) is 4.14. The highest BCUT2D eigenvalue weighted by Gasteiger charge is 2.10. The maximum Gasteiger partial charge on any atom is 0.0773 e. The number of para-hydroxylation sites is 1. The third kappa shape index (κ3) is 1.14. The number of H-pyrrole nitrogens is 1. The van der Waals surface area contributed by atoms with Gasteiger partial charge in [0.15, 0.2) is 0 Å². The first kappa shape index (κ1) is 10.1. The summed E-state index contributed by atoms with van der Waals surface area (Å²) < 4.78 is 2.21. The molecule has 0 unspecified atom stereocenters. The van der Waals surface area contributed by atoms with E-state index < -0.39 is 0 Å². The molecule has 0 aliphatic heterocycles. The van der Waals surface area contributed by atoms with Crippen molar-refractivity contribution >= 4 is 38.1 Å². The van der Waals surface area contributed by atoms with E-state index >= 15 is 0 Å². The lowest BCUT2D eigenvalue weighted by Crippen LogP contribution is -1.81. The first-order valence-corrected chi connectivity index (χ1v) is 6.81. The van der Waals surface area contributed by atoms with E-state index in [9.17, 15) is 0 Å². The molecule has 5 aromatic rings. The van der Waals surface area contributed by atoms with Crippen LogP contribution in [0.5, 0.6) is 0 Å². The fraction of sp³-hybridized carbons (Fsp3) is 0. The van der Waals surface area contributed by atoms with Gasteiger partial charge in [-0.2, -0.15) is 0 Å². The predicted octanol–water partition coefficient (Wildman–Crippen LogP) is 4.73. The van der Waals surface area contributed by atoms with E-state index in [1.165, 1.54) is 38.1 Å². The summed E-state index contributed by atoms with van der Waals surface area (Å²) in [6.45, 7) is 0. The van der Waals surface area contributed by atoms with E-state index in [2.05, 4.69) is 76.4 Å². The second-order valence-corrected chi connectivity index (χ2v) is 5.25. The fourth-order valence-corrected chi connectivity index (χ4v) is 3.24. The van der Waals surface area contributed by atoms with Crippen LogP contribution in [0.4, 0.5) is 0 Å². The molecule has 3 heterocycles. The quantitative estimate of drug-likeness (QED) is 0.413. The number of aromatic nitrogens is 2. The van der Waals surface area contributed by atoms with Crippen LogP contribution in [0.2, 0.25) is 0 Å². The van der Waals surface area contributed by atoms with Crippen LogP contribution in [0.3, 0.4) is 0 Å². The van der Waals surface area contributed by atoms with Gasteiger partial charge in [0.1, 0.15) is 0 Å². The van der Waals surface area contributed by atoms with E-state index in [4.69, 9.17) is 0 Å². The highest BCUT2D eigenvalue weighted by atomic mass is 14.9. The van der Waals surface area contributed by atoms with Crippen LogP contribution in [0.25, 0.3) is 38.1 Å². The summed E-state index contributed by atoms with van der Waals surface area (Å²) in [5, 5.41) is 5.15. The molecule has 3 aromatic heterocycles. The van der Waals surface area contributed by atoms with E-state index in [1.807, 2.05) is 0 Å². The molecule has 0 amide bonds. The van der Waals surface area contributed by atoms with Crippen molar-refractivity contribution in [3.8, 4) is 0 Å². The first-order chi connectivity index (χ1) is 9.92. The van der Waals surface area contributed by atoms with E-state index in [0.29, 0.717) is 0 Å². The van der Waals surface area contributed by atoms with Gasteiger partial charge in [0, 0.05) is 39.5 Å². The van der Waals surface area contributed by atoms with Crippen molar-refractivity contribution in [2.45, 2.75) is 0 Å². The number of fused-ring (bicyclic) bond motifs is 7. The Morgan fingerprint density at radius 2 is 1.55 bits per heavy atom. The van der Waals surface area contributed by atoms with Gasteiger partial charge in [-0.1, -0.05) is 42.5 Å². The van der Waals surface area contributed by atoms with Gasteiger partial charge in [0.25, 0.3) is 0 Å². The molecule has 0 saturated carbocycles. The highest BCUT2D eigenvalue weighted by molar-refractivity contribution is 6.17. The van der Waals surface area contributed by atoms with Crippen molar-refractivity contribution in [2.75, 3.05) is 0 Å². The molecule has 2 heteroatoms. The third-order valence-corrected chi connectivity index (χ3v) is 4.14. The molecule has 0 spiro atoms. The van der Waals surface area contributed by atoms with Crippen molar-refractivity contribution < 1.29 is 0 Å². The predicted molar refractivity (Wildman–Crippen MR) is 84.3 cm³/mol. The van der Waals surface area contributed by atoms with Crippen molar-refractivity contribution in [1.29, 1.82) is 0 Å². The number of nitrogens with one attached hydrogen (secondary N) is 1. The Hall–Kier alpha value is -2.74. The second-order valence-electron chi connectivity index (χ2n) is 5.25. The molecule has 0 bridgehead atoms. The van der Waals surface area contributed by atoms with Crippen LogP contribution in [0.1, 0.15) is 0 Å². The minimum atomic E-state index is 1.20. The Morgan fingerprint density at radius 3 is 2.50 bits per heavy atom. The van der Waals surface area contributed by atoms with Gasteiger partial charge >= 0.3 is 0 Å². The number of hydrogen-bond acceptors (Lipinski definition) is 0. The summed E-state index contributed by atoms with van der Waals surface area (Å²) in [6, 6.07) is 19.2. The zero-order valence-corrected chi connectivity index (χ0v) is 10.8. The molecule has 94 valence electrons. The lowest BCUT2D eigenvalue weighted by molar-refractivity contribution is 1.22. The largest absolute Gasteiger partial charge is 0.353 e. The Bertz CT molecular complexity index is 1100. The monoisotopic (exact) mass is 256 g/mol. The number of aromatic amines is 1. The number of nitrogens with zero attached hydrogens (tertiary/aromatic N) is 1. The SMILES string of the molecule is c1ccc2c(c1)cn1ccc3c4ccccc4[nH]c3c21. The topological polar surface area (TPSA) is 20.2 Å². The van der Waals surface area contributed by atoms with Crippen LogP contribution >= 0.6 is 0 Å². The van der Waals surface area contributed by atoms with Gasteiger partial charge < -0.3 is 9.38 Å². The molecule has 0 saturated heterocycles. The molecule has 5 rings (SSSR count). The Morgan fingerprint density at radius 1 is 0.750 bits per heavy atom. The van der Waals surface area contributed by atoms with Gasteiger partial charge in [0.05, 0.1) is 11.0 Å². The normalized spacial score (nSPS) is 12.0. The Balaban J connectivity index is 2.14. The second kappa shape index (κ2) is 3.42. The Kier molecular flexibility index (Phi) is 1.73. The van der Waals surface area contributed by atoms with E-state index in [-0.39, 0.29) is 0 Å². The van der Waals surface area contributed by atoms with Gasteiger partial charge in [-0.15, -0.1) is 0 Å². The van der Waals surface area contributed by atoms with Crippen LogP contribution in [-0.4, -0.2) is 9.38 Å². The number of benzene rings is 2. The molecule has 2 aromatic carbocycles. The number of rotatable bonds is 0. The molecule has 0 aliphatic rings. The average Bonchev–Trinajstić information content (AvgIpc) is 3.04. The molecule has 0 radical (unpaired) electrons. The minimum absolute atomic E-state index is 1.20. The Labute approximate surface area is 115 Å². The van der Waals surface area contributed by atoms with E-state index in [0.717, 1.165) is 0 Å². The maximum atomic E-state index is 3.58. The smallest absolute Gasteiger partial charge is 0.0773 e. The number of pyridine rings is 1. The molecule has 0 fully saturated rings. The van der Waals surface area contributed by atoms with Crippen LogP contribution in [-0.2, 0) is 0 Å². The van der Waals surface area contributed by atoms with Gasteiger partial charge in [-0.3, -0.25) is 0 Å². The number of hydrogen-bond donors (Lipinski definition) is 1. The molecule has 2 nitrogen and oxygen atoms in total. The standard InChI is InChI=1S/C18H12N2/c1-2-6-13-12(5-1)11-20-10-9-15-14-7-3-4-8-16(14)19-17(15)18(13)20/h1-11,19H. The molecule has 0 atom stereocenters. The summed E-state index contributed by atoms with van der Waals surface area (Å²) in [5.74, 6) is 0. The average molecular weight is 256 g/mol. The zero-order valence-electron chi connectivity index (χ0n) is 10.8. The maximum absolute atomic E-state index is 3.58. The van der Waals surface area contributed by atoms with Crippen molar-refractivity contribution in [1.82, 2.24) is 9.38 Å². The van der Waals surface area contributed by atoms with Crippen molar-refractivity contribution in [3.05, 3.63) is 67.0 Å². The van der Waals surface area contributed by atoms with Crippen molar-refractivity contribution in [2.24, 2.45) is 0 Å².